The molecule has 43 heavy (non-hydrogen) atoms. The molecule has 0 unspecified atom stereocenters. The molecule has 1 aliphatic carbocycles. The Bertz CT molecular complexity index is 1360. The molecular weight excluding hydrogens is 548 g/mol. The fraction of sp³-hybridized carbons (Fsp3) is 0.594. The summed E-state index contributed by atoms with van der Waals surface area (Å²) in [4.78, 5) is 42.4. The molecule has 0 saturated carbocycles. The van der Waals surface area contributed by atoms with E-state index in [0.717, 1.165) is 24.8 Å². The van der Waals surface area contributed by atoms with E-state index in [0.29, 0.717) is 37.8 Å². The summed E-state index contributed by atoms with van der Waals surface area (Å²) in [6.45, 7) is 5.76. The number of alkyl carbamates (subject to hydrolysis) is 1. The number of aryl methyl sites for hydroxylation is 1. The number of nitrogens with zero attached hydrogens (tertiary/aromatic N) is 4. The average Bonchev–Trinajstić information content (AvgIpc) is 3.60. The van der Waals surface area contributed by atoms with E-state index in [9.17, 15) is 14.4 Å². The summed E-state index contributed by atoms with van der Waals surface area (Å²) < 4.78 is 12.7. The van der Waals surface area contributed by atoms with E-state index in [1.165, 1.54) is 5.56 Å². The summed E-state index contributed by atoms with van der Waals surface area (Å²) in [5, 5.41) is 14.7. The highest BCUT2D eigenvalue weighted by Gasteiger charge is 2.46. The monoisotopic (exact) mass is 590 g/mol. The maximum atomic E-state index is 14.1. The summed E-state index contributed by atoms with van der Waals surface area (Å²) in [5.74, 6) is 2.03. The molecule has 3 heterocycles. The van der Waals surface area contributed by atoms with Crippen LogP contribution in [0.5, 0.6) is 0 Å². The van der Waals surface area contributed by atoms with Crippen molar-refractivity contribution >= 4 is 17.9 Å². The summed E-state index contributed by atoms with van der Waals surface area (Å²) in [6, 6.07) is 6.38. The minimum absolute atomic E-state index is 0.0879. The number of hydrogen-bond donors (Lipinski definition) is 2. The van der Waals surface area contributed by atoms with Crippen molar-refractivity contribution in [2.45, 2.75) is 115 Å². The topological polar surface area (TPSA) is 128 Å². The van der Waals surface area contributed by atoms with Crippen LogP contribution in [0.2, 0.25) is 0 Å². The average molecular weight is 591 g/mol. The number of nitrogens with one attached hydrogen (secondary N) is 2. The molecule has 3 amide bonds. The Morgan fingerprint density at radius 1 is 1.07 bits per heavy atom. The van der Waals surface area contributed by atoms with Gasteiger partial charge in [0.2, 0.25) is 11.8 Å². The Hall–Kier alpha value is -3.91. The lowest BCUT2D eigenvalue weighted by atomic mass is 9.87. The molecule has 2 N–H and O–H groups in total. The second-order valence-electron chi connectivity index (χ2n) is 12.7. The lowest BCUT2D eigenvalue weighted by molar-refractivity contribution is -0.143. The number of carbonyl (C=O) groups is 3. The molecule has 2 aromatic rings. The van der Waals surface area contributed by atoms with E-state index in [4.69, 9.17) is 15.9 Å². The van der Waals surface area contributed by atoms with Gasteiger partial charge in [-0.05, 0) is 83.3 Å². The summed E-state index contributed by atoms with van der Waals surface area (Å²) in [6.07, 6.45) is 12.1. The van der Waals surface area contributed by atoms with Crippen LogP contribution in [0, 0.1) is 12.3 Å². The van der Waals surface area contributed by atoms with E-state index < -0.39 is 23.8 Å². The van der Waals surface area contributed by atoms with Gasteiger partial charge in [0.15, 0.2) is 0 Å². The molecular formula is C32H42N6O5. The molecule has 2 saturated heterocycles. The Balaban J connectivity index is 1.37. The third-order valence-electron chi connectivity index (χ3n) is 8.43. The zero-order valence-corrected chi connectivity index (χ0v) is 25.3. The fourth-order valence-electron chi connectivity index (χ4n) is 6.57. The van der Waals surface area contributed by atoms with Gasteiger partial charge in [0.1, 0.15) is 30.0 Å². The molecule has 1 aromatic carbocycles. The largest absolute Gasteiger partial charge is 0.444 e. The van der Waals surface area contributed by atoms with Crippen LogP contribution in [-0.4, -0.2) is 68.1 Å². The van der Waals surface area contributed by atoms with E-state index in [1.54, 1.807) is 30.4 Å². The smallest absolute Gasteiger partial charge is 0.408 e. The normalized spacial score (nSPS) is 25.5. The van der Waals surface area contributed by atoms with Crippen molar-refractivity contribution in [1.29, 1.82) is 0 Å². The molecule has 2 aliphatic heterocycles. The van der Waals surface area contributed by atoms with E-state index in [2.05, 4.69) is 39.0 Å². The number of amides is 3. The highest BCUT2D eigenvalue weighted by molar-refractivity contribution is 5.92. The third-order valence-corrected chi connectivity index (χ3v) is 8.43. The van der Waals surface area contributed by atoms with Crippen LogP contribution < -0.4 is 10.6 Å². The standard InChI is InChI=1S/C32H42N6O5/c1-5-17-42-20-22-19-37(36-35-22)23-13-15-27(34-31(41)43-32(2,3)4)30(40)38-24(18-23)14-16-28(38)29(39)33-26-12-8-10-21-9-6-7-11-25(21)26/h1,6-7,9,11,19,23-24,26-28H,8,10,12-18,20H2,2-4H3,(H,33,39)(H,34,41)/t23-,24+,26+,27-,28-/m0/s1. The van der Waals surface area contributed by atoms with E-state index in [-0.39, 0.29) is 43.2 Å². The van der Waals surface area contributed by atoms with Crippen LogP contribution in [0.1, 0.15) is 94.6 Å². The molecule has 11 nitrogen and oxygen atoms in total. The van der Waals surface area contributed by atoms with Crippen molar-refractivity contribution < 1.29 is 23.9 Å². The minimum Gasteiger partial charge on any atom is -0.444 e. The maximum absolute atomic E-state index is 14.1. The predicted octanol–water partition coefficient (Wildman–Crippen LogP) is 3.60. The first kappa shape index (κ1) is 30.5. The van der Waals surface area contributed by atoms with Crippen molar-refractivity contribution in [3.63, 3.8) is 0 Å². The first-order valence-corrected chi connectivity index (χ1v) is 15.2. The molecule has 0 spiro atoms. The summed E-state index contributed by atoms with van der Waals surface area (Å²) >= 11 is 0. The van der Waals surface area contributed by atoms with Gasteiger partial charge in [0.05, 0.1) is 24.9 Å². The predicted molar refractivity (Wildman–Crippen MR) is 158 cm³/mol. The molecule has 1 aromatic heterocycles. The van der Waals surface area contributed by atoms with Crippen LogP contribution in [-0.2, 0) is 32.1 Å². The highest BCUT2D eigenvalue weighted by Crippen LogP contribution is 2.36. The van der Waals surface area contributed by atoms with Crippen molar-refractivity contribution in [1.82, 2.24) is 30.5 Å². The van der Waals surface area contributed by atoms with E-state index >= 15 is 0 Å². The van der Waals surface area contributed by atoms with Crippen LogP contribution >= 0.6 is 0 Å². The number of benzene rings is 1. The second kappa shape index (κ2) is 13.2. The SMILES string of the molecule is C#CCOCc1cn([C@H]2CC[C@H](NC(=O)OC(C)(C)C)C(=O)N3[C@H](CC[C@H]3C(=O)N[C@@H]3CCCc4ccccc43)C2)nn1. The molecule has 11 heteroatoms. The Kier molecular flexibility index (Phi) is 9.35. The zero-order chi connectivity index (χ0) is 30.6. The first-order chi connectivity index (χ1) is 20.6. The number of fused-ring (bicyclic) bond motifs is 2. The Labute approximate surface area is 253 Å². The lowest BCUT2D eigenvalue weighted by Crippen LogP contribution is -2.57. The van der Waals surface area contributed by atoms with Crippen LogP contribution in [0.3, 0.4) is 0 Å². The number of rotatable bonds is 7. The third kappa shape index (κ3) is 7.36. The van der Waals surface area contributed by atoms with Crippen LogP contribution in [0.15, 0.2) is 30.5 Å². The van der Waals surface area contributed by atoms with Gasteiger partial charge in [0.25, 0.3) is 0 Å². The number of terminal acetylenes is 1. The van der Waals surface area contributed by atoms with Crippen LogP contribution in [0.25, 0.3) is 0 Å². The van der Waals surface area contributed by atoms with Crippen molar-refractivity contribution in [3.8, 4) is 12.3 Å². The molecule has 5 atom stereocenters. The second-order valence-corrected chi connectivity index (χ2v) is 12.7. The molecule has 0 bridgehead atoms. The van der Waals surface area contributed by atoms with Crippen LogP contribution in [0.4, 0.5) is 4.79 Å². The minimum atomic E-state index is -0.842. The number of hydrogen-bond acceptors (Lipinski definition) is 7. The summed E-state index contributed by atoms with van der Waals surface area (Å²) in [7, 11) is 0. The zero-order valence-electron chi connectivity index (χ0n) is 25.3. The van der Waals surface area contributed by atoms with Gasteiger partial charge in [-0.1, -0.05) is 35.4 Å². The van der Waals surface area contributed by atoms with Gasteiger partial charge in [-0.15, -0.1) is 11.5 Å². The number of aromatic nitrogens is 3. The maximum Gasteiger partial charge on any atom is 0.408 e. The molecule has 2 fully saturated rings. The fourth-order valence-corrected chi connectivity index (χ4v) is 6.57. The van der Waals surface area contributed by atoms with Gasteiger partial charge < -0.3 is 25.0 Å². The number of ether oxygens (including phenoxy) is 2. The first-order valence-electron chi connectivity index (χ1n) is 15.2. The van der Waals surface area contributed by atoms with Crippen molar-refractivity contribution in [2.24, 2.45) is 0 Å². The lowest BCUT2D eigenvalue weighted by Gasteiger charge is -2.38. The molecule has 5 rings (SSSR count). The van der Waals surface area contributed by atoms with Gasteiger partial charge in [-0.3, -0.25) is 9.59 Å². The quantitative estimate of drug-likeness (QED) is 0.373. The number of carbonyl (C=O) groups excluding carboxylic acids is 3. The van der Waals surface area contributed by atoms with Gasteiger partial charge in [-0.2, -0.15) is 0 Å². The molecule has 0 radical (unpaired) electrons. The summed E-state index contributed by atoms with van der Waals surface area (Å²) in [5.41, 5.74) is 2.34. The van der Waals surface area contributed by atoms with Crippen molar-refractivity contribution in [2.75, 3.05) is 6.61 Å². The molecule has 3 aliphatic rings. The van der Waals surface area contributed by atoms with Gasteiger partial charge in [0, 0.05) is 6.04 Å². The Morgan fingerprint density at radius 3 is 2.65 bits per heavy atom. The Morgan fingerprint density at radius 2 is 1.86 bits per heavy atom. The highest BCUT2D eigenvalue weighted by atomic mass is 16.6. The molecule has 230 valence electrons. The van der Waals surface area contributed by atoms with Gasteiger partial charge in [-0.25, -0.2) is 9.48 Å². The van der Waals surface area contributed by atoms with E-state index in [1.807, 2.05) is 18.3 Å². The van der Waals surface area contributed by atoms with Crippen molar-refractivity contribution in [3.05, 3.63) is 47.3 Å². The van der Waals surface area contributed by atoms with Gasteiger partial charge >= 0.3 is 6.09 Å².